The topological polar surface area (TPSA) is 59.6 Å². The number of hydrogen-bond donors (Lipinski definition) is 2. The highest BCUT2D eigenvalue weighted by Gasteiger charge is 2.08. The van der Waals surface area contributed by atoms with Crippen LogP contribution in [0.25, 0.3) is 5.69 Å². The quantitative estimate of drug-likeness (QED) is 0.620. The van der Waals surface area contributed by atoms with E-state index in [1.54, 1.807) is 10.6 Å². The summed E-state index contributed by atoms with van der Waals surface area (Å²) in [5, 5.41) is 6.35. The van der Waals surface area contributed by atoms with Gasteiger partial charge < -0.3 is 5.73 Å². The van der Waals surface area contributed by atoms with E-state index in [0.717, 1.165) is 3.57 Å². The van der Waals surface area contributed by atoms with Crippen LogP contribution in [0.2, 0.25) is 0 Å². The second-order valence-electron chi connectivity index (χ2n) is 2.82. The number of nitrogens with one attached hydrogen (secondary N) is 1. The molecule has 1 heterocycles. The Morgan fingerprint density at radius 3 is 2.80 bits per heavy atom. The second-order valence-corrected chi connectivity index (χ2v) is 4.37. The van der Waals surface area contributed by atoms with E-state index < -0.39 is 0 Å². The molecule has 0 saturated carbocycles. The smallest absolute Gasteiger partial charge is 0.225 e. The van der Waals surface area contributed by atoms with Crippen LogP contribution in [0.1, 0.15) is 0 Å². The first-order valence-corrected chi connectivity index (χ1v) is 5.46. The molecule has 0 radical (unpaired) electrons. The van der Waals surface area contributed by atoms with E-state index in [9.17, 15) is 4.39 Å². The van der Waals surface area contributed by atoms with Crippen molar-refractivity contribution in [2.45, 2.75) is 0 Å². The van der Waals surface area contributed by atoms with Crippen molar-refractivity contribution in [1.29, 1.82) is 0 Å². The molecule has 0 amide bonds. The molecule has 0 unspecified atom stereocenters. The maximum absolute atomic E-state index is 12.9. The number of H-pyrrole nitrogens is 1. The maximum atomic E-state index is 12.9. The van der Waals surface area contributed by atoms with E-state index >= 15 is 0 Å². The number of anilines is 1. The molecule has 0 aliphatic carbocycles. The Hall–Kier alpha value is -0.960. The summed E-state index contributed by atoms with van der Waals surface area (Å²) in [5.74, 6) is -0.0405. The van der Waals surface area contributed by atoms with Gasteiger partial charge in [-0.15, -0.1) is 5.10 Å². The summed E-state index contributed by atoms with van der Waals surface area (Å²) in [6.45, 7) is 0. The molecule has 7 heteroatoms. The van der Waals surface area contributed by atoms with Crippen LogP contribution >= 0.6 is 34.8 Å². The molecule has 0 fully saturated rings. The molecule has 3 N–H and O–H groups in total. The summed E-state index contributed by atoms with van der Waals surface area (Å²) in [7, 11) is 0. The fraction of sp³-hybridized carbons (Fsp3) is 0. The summed E-state index contributed by atoms with van der Waals surface area (Å²) >= 11 is 7.03. The Kier molecular flexibility index (Phi) is 2.74. The van der Waals surface area contributed by atoms with Crippen LogP contribution in [-0.4, -0.2) is 14.8 Å². The predicted octanol–water partition coefficient (Wildman–Crippen LogP) is 2.26. The monoisotopic (exact) mass is 336 g/mol. The summed E-state index contributed by atoms with van der Waals surface area (Å²) in [4.78, 5) is 0. The lowest BCUT2D eigenvalue weighted by Crippen LogP contribution is -2.02. The normalized spacial score (nSPS) is 10.5. The van der Waals surface area contributed by atoms with Gasteiger partial charge in [0.15, 0.2) is 0 Å². The first-order chi connectivity index (χ1) is 7.09. The van der Waals surface area contributed by atoms with Crippen molar-refractivity contribution in [3.05, 3.63) is 32.4 Å². The molecule has 2 rings (SSSR count). The van der Waals surface area contributed by atoms with E-state index in [2.05, 4.69) is 10.2 Å². The van der Waals surface area contributed by atoms with Gasteiger partial charge in [0.1, 0.15) is 5.82 Å². The van der Waals surface area contributed by atoms with Crippen LogP contribution in [0.3, 0.4) is 0 Å². The van der Waals surface area contributed by atoms with Crippen LogP contribution in [0, 0.1) is 14.2 Å². The number of nitrogens with two attached hydrogens (primary N) is 1. The third kappa shape index (κ3) is 1.88. The van der Waals surface area contributed by atoms with Crippen LogP contribution in [0.15, 0.2) is 18.2 Å². The summed E-state index contributed by atoms with van der Waals surface area (Å²) in [6, 6.07) is 4.37. The van der Waals surface area contributed by atoms with Gasteiger partial charge in [0, 0.05) is 3.57 Å². The SMILES string of the molecule is Nc1n[nH]c(=S)n1-c1ccc(F)cc1I. The maximum Gasteiger partial charge on any atom is 0.225 e. The van der Waals surface area contributed by atoms with Crippen molar-refractivity contribution in [2.75, 3.05) is 5.73 Å². The molecule has 78 valence electrons. The highest BCUT2D eigenvalue weighted by atomic mass is 127. The van der Waals surface area contributed by atoms with Gasteiger partial charge >= 0.3 is 0 Å². The average molecular weight is 336 g/mol. The largest absolute Gasteiger partial charge is 0.368 e. The van der Waals surface area contributed by atoms with Gasteiger partial charge in [0.25, 0.3) is 0 Å². The number of benzene rings is 1. The number of aromatic amines is 1. The van der Waals surface area contributed by atoms with Gasteiger partial charge in [0.2, 0.25) is 10.7 Å². The minimum absolute atomic E-state index is 0.254. The number of rotatable bonds is 1. The van der Waals surface area contributed by atoms with E-state index in [0.29, 0.717) is 10.5 Å². The molecule has 0 aliphatic rings. The van der Waals surface area contributed by atoms with Gasteiger partial charge in [0.05, 0.1) is 5.69 Å². The minimum atomic E-state index is -0.295. The van der Waals surface area contributed by atoms with E-state index in [4.69, 9.17) is 18.0 Å². The third-order valence-corrected chi connectivity index (χ3v) is 2.99. The Labute approximate surface area is 103 Å². The first-order valence-electron chi connectivity index (χ1n) is 3.98. The molecule has 15 heavy (non-hydrogen) atoms. The molecular formula is C8H6FIN4S. The van der Waals surface area contributed by atoms with Gasteiger partial charge in [-0.3, -0.25) is 4.57 Å². The predicted molar refractivity (Wildman–Crippen MR) is 65.8 cm³/mol. The Morgan fingerprint density at radius 2 is 2.27 bits per heavy atom. The number of aromatic nitrogens is 3. The number of halogens is 2. The Morgan fingerprint density at radius 1 is 1.53 bits per heavy atom. The number of nitrogens with zero attached hydrogens (tertiary/aromatic N) is 2. The fourth-order valence-corrected chi connectivity index (χ4v) is 2.16. The Balaban J connectivity index is 2.69. The fourth-order valence-electron chi connectivity index (χ4n) is 1.20. The number of nitrogen functional groups attached to an aromatic ring is 1. The highest BCUT2D eigenvalue weighted by molar-refractivity contribution is 14.1. The first kappa shape index (κ1) is 10.6. The standard InChI is InChI=1S/C8H6FIN4S/c9-4-1-2-6(5(10)3-4)14-7(11)12-13-8(14)15/h1-3H,(H2,11,12)(H,13,15). The van der Waals surface area contributed by atoms with Crippen LogP contribution in [0.5, 0.6) is 0 Å². The lowest BCUT2D eigenvalue weighted by atomic mass is 10.3. The van der Waals surface area contributed by atoms with Crippen molar-refractivity contribution >= 4 is 40.8 Å². The van der Waals surface area contributed by atoms with Gasteiger partial charge in [-0.1, -0.05) is 0 Å². The molecule has 0 bridgehead atoms. The Bertz CT molecular complexity index is 562. The van der Waals surface area contributed by atoms with Crippen LogP contribution < -0.4 is 5.73 Å². The lowest BCUT2D eigenvalue weighted by Gasteiger charge is -2.05. The zero-order valence-corrected chi connectivity index (χ0v) is 10.3. The van der Waals surface area contributed by atoms with Gasteiger partial charge in [-0.25, -0.2) is 9.49 Å². The molecular weight excluding hydrogens is 330 g/mol. The van der Waals surface area contributed by atoms with Crippen LogP contribution in [-0.2, 0) is 0 Å². The van der Waals surface area contributed by atoms with Crippen LogP contribution in [0.4, 0.5) is 10.3 Å². The summed E-state index contributed by atoms with van der Waals surface area (Å²) in [5.41, 5.74) is 6.35. The highest BCUT2D eigenvalue weighted by Crippen LogP contribution is 2.20. The molecule has 2 aromatic rings. The van der Waals surface area contributed by atoms with Crippen molar-refractivity contribution in [3.63, 3.8) is 0 Å². The van der Waals surface area contributed by atoms with Gasteiger partial charge in [-0.2, -0.15) is 0 Å². The van der Waals surface area contributed by atoms with E-state index in [-0.39, 0.29) is 11.8 Å². The average Bonchev–Trinajstić information content (AvgIpc) is 2.48. The molecule has 1 aromatic carbocycles. The van der Waals surface area contributed by atoms with Crippen molar-refractivity contribution < 1.29 is 4.39 Å². The van der Waals surface area contributed by atoms with Crippen molar-refractivity contribution in [2.24, 2.45) is 0 Å². The molecule has 1 aromatic heterocycles. The van der Waals surface area contributed by atoms with E-state index in [1.807, 2.05) is 22.6 Å². The van der Waals surface area contributed by atoms with Crippen molar-refractivity contribution in [1.82, 2.24) is 14.8 Å². The molecule has 0 spiro atoms. The zero-order valence-electron chi connectivity index (χ0n) is 7.37. The number of hydrogen-bond acceptors (Lipinski definition) is 3. The summed E-state index contributed by atoms with van der Waals surface area (Å²) < 4.78 is 15.6. The lowest BCUT2D eigenvalue weighted by molar-refractivity contribution is 0.626. The minimum Gasteiger partial charge on any atom is -0.368 e. The molecule has 0 saturated heterocycles. The summed E-state index contributed by atoms with van der Waals surface area (Å²) in [6.07, 6.45) is 0. The third-order valence-electron chi connectivity index (χ3n) is 1.85. The second kappa shape index (κ2) is 3.89. The van der Waals surface area contributed by atoms with Gasteiger partial charge in [-0.05, 0) is 53.0 Å². The molecule has 4 nitrogen and oxygen atoms in total. The van der Waals surface area contributed by atoms with Crippen molar-refractivity contribution in [3.8, 4) is 5.69 Å². The van der Waals surface area contributed by atoms with E-state index in [1.165, 1.54) is 12.1 Å². The molecule has 0 aliphatic heterocycles. The molecule has 0 atom stereocenters. The zero-order chi connectivity index (χ0) is 11.0.